The van der Waals surface area contributed by atoms with E-state index in [0.717, 1.165) is 11.1 Å². The molecule has 0 amide bonds. The highest BCUT2D eigenvalue weighted by atomic mass is 32.2. The summed E-state index contributed by atoms with van der Waals surface area (Å²) in [6.07, 6.45) is 6.91. The van der Waals surface area contributed by atoms with Crippen LogP contribution in [-0.2, 0) is 20.2 Å². The molecule has 0 heterocycles. The number of benzene rings is 4. The summed E-state index contributed by atoms with van der Waals surface area (Å²) in [5, 5.41) is 0. The maximum atomic E-state index is 12.2. The van der Waals surface area contributed by atoms with Gasteiger partial charge in [0.1, 0.15) is 9.79 Å². The minimum absolute atomic E-state index is 0.0550. The standard InChI is InChI=1S/C28H22O6S2/c29-35(30,31)27-19-23(13-11-21-7-3-1-4-8-21)15-17-25(27)26-18-16-24(20-28(26)36(32,33)34)14-12-22-9-5-2-6-10-22/h1-20H,(H,29,30,31)(H,32,33,34)/b13-11+,14-12+. The summed E-state index contributed by atoms with van der Waals surface area (Å²) >= 11 is 0. The molecular weight excluding hydrogens is 496 g/mol. The first kappa shape index (κ1) is 25.3. The van der Waals surface area contributed by atoms with E-state index in [1.165, 1.54) is 24.3 Å². The second-order valence-electron chi connectivity index (χ2n) is 7.95. The van der Waals surface area contributed by atoms with E-state index in [1.54, 1.807) is 36.4 Å². The van der Waals surface area contributed by atoms with Crippen molar-refractivity contribution in [2.75, 3.05) is 0 Å². The molecule has 36 heavy (non-hydrogen) atoms. The molecule has 0 aliphatic heterocycles. The molecule has 4 aromatic carbocycles. The SMILES string of the molecule is O=S(=O)(O)c1cc(/C=C/c2ccccc2)ccc1-c1ccc(/C=C/c2ccccc2)cc1S(=O)(=O)O. The lowest BCUT2D eigenvalue weighted by molar-refractivity contribution is 0.480. The predicted octanol–water partition coefficient (Wildman–Crippen LogP) is 6.19. The van der Waals surface area contributed by atoms with Crippen molar-refractivity contribution < 1.29 is 25.9 Å². The number of hydrogen-bond acceptors (Lipinski definition) is 4. The van der Waals surface area contributed by atoms with Gasteiger partial charge in [-0.3, -0.25) is 9.11 Å². The molecule has 0 aromatic heterocycles. The first-order valence-corrected chi connectivity index (χ1v) is 13.7. The molecule has 182 valence electrons. The smallest absolute Gasteiger partial charge is 0.282 e. The summed E-state index contributed by atoms with van der Waals surface area (Å²) in [6.45, 7) is 0. The zero-order valence-electron chi connectivity index (χ0n) is 18.9. The fourth-order valence-electron chi connectivity index (χ4n) is 3.67. The van der Waals surface area contributed by atoms with Crippen LogP contribution in [0.1, 0.15) is 22.3 Å². The Bertz CT molecular complexity index is 1530. The van der Waals surface area contributed by atoms with Crippen molar-refractivity contribution in [3.05, 3.63) is 119 Å². The molecule has 6 nitrogen and oxygen atoms in total. The summed E-state index contributed by atoms with van der Waals surface area (Å²) in [7, 11) is -9.46. The molecule has 4 aromatic rings. The average Bonchev–Trinajstić information content (AvgIpc) is 2.86. The predicted molar refractivity (Wildman–Crippen MR) is 142 cm³/mol. The van der Waals surface area contributed by atoms with E-state index in [9.17, 15) is 25.9 Å². The van der Waals surface area contributed by atoms with Crippen LogP contribution >= 0.6 is 0 Å². The van der Waals surface area contributed by atoms with Crippen LogP contribution < -0.4 is 0 Å². The summed E-state index contributed by atoms with van der Waals surface area (Å²) in [5.41, 5.74) is 2.63. The quantitative estimate of drug-likeness (QED) is 0.223. The Hall–Kier alpha value is -3.82. The van der Waals surface area contributed by atoms with Gasteiger partial charge >= 0.3 is 0 Å². The fourth-order valence-corrected chi connectivity index (χ4v) is 5.15. The van der Waals surface area contributed by atoms with Gasteiger partial charge in [0.05, 0.1) is 0 Å². The van der Waals surface area contributed by atoms with Crippen molar-refractivity contribution in [3.63, 3.8) is 0 Å². The average molecular weight is 519 g/mol. The molecular formula is C28H22O6S2. The van der Waals surface area contributed by atoms with Crippen LogP contribution in [0.3, 0.4) is 0 Å². The van der Waals surface area contributed by atoms with Gasteiger partial charge < -0.3 is 0 Å². The van der Waals surface area contributed by atoms with Crippen molar-refractivity contribution in [2.45, 2.75) is 9.79 Å². The van der Waals surface area contributed by atoms with Crippen LogP contribution in [0.4, 0.5) is 0 Å². The lowest BCUT2D eigenvalue weighted by Crippen LogP contribution is -2.05. The molecule has 2 N–H and O–H groups in total. The summed E-state index contributed by atoms with van der Waals surface area (Å²) < 4.78 is 68.8. The third-order valence-corrected chi connectivity index (χ3v) is 7.18. The van der Waals surface area contributed by atoms with E-state index in [1.807, 2.05) is 60.7 Å². The Balaban J connectivity index is 1.80. The minimum Gasteiger partial charge on any atom is -0.282 e. The summed E-state index contributed by atoms with van der Waals surface area (Å²) in [4.78, 5) is -0.953. The van der Waals surface area contributed by atoms with Gasteiger partial charge in [-0.15, -0.1) is 0 Å². The Morgan fingerprint density at radius 1 is 0.444 bits per heavy atom. The van der Waals surface area contributed by atoms with Crippen molar-refractivity contribution in [1.82, 2.24) is 0 Å². The van der Waals surface area contributed by atoms with Crippen LogP contribution in [0.5, 0.6) is 0 Å². The van der Waals surface area contributed by atoms with Crippen LogP contribution in [0.15, 0.2) is 107 Å². The van der Waals surface area contributed by atoms with Gasteiger partial charge in [0.2, 0.25) is 0 Å². The highest BCUT2D eigenvalue weighted by Crippen LogP contribution is 2.34. The molecule has 0 saturated carbocycles. The lowest BCUT2D eigenvalue weighted by Gasteiger charge is -2.13. The van der Waals surface area contributed by atoms with Crippen LogP contribution in [0.2, 0.25) is 0 Å². The highest BCUT2D eigenvalue weighted by molar-refractivity contribution is 7.86. The number of rotatable bonds is 7. The second-order valence-corrected chi connectivity index (χ2v) is 10.7. The lowest BCUT2D eigenvalue weighted by atomic mass is 10.0. The zero-order valence-corrected chi connectivity index (χ0v) is 20.5. The third-order valence-electron chi connectivity index (χ3n) is 5.39. The molecule has 8 heteroatoms. The Kier molecular flexibility index (Phi) is 7.32. The maximum Gasteiger partial charge on any atom is 0.295 e. The van der Waals surface area contributed by atoms with Crippen LogP contribution in [0.25, 0.3) is 35.4 Å². The molecule has 0 fully saturated rings. The minimum atomic E-state index is -4.73. The molecule has 0 spiro atoms. The van der Waals surface area contributed by atoms with E-state index in [0.29, 0.717) is 11.1 Å². The molecule has 0 unspecified atom stereocenters. The number of hydrogen-bond donors (Lipinski definition) is 2. The molecule has 0 aliphatic carbocycles. The van der Waals surface area contributed by atoms with Gasteiger partial charge in [0.25, 0.3) is 20.2 Å². The van der Waals surface area contributed by atoms with Gasteiger partial charge in [-0.25, -0.2) is 0 Å². The van der Waals surface area contributed by atoms with Crippen molar-refractivity contribution in [2.24, 2.45) is 0 Å². The normalized spacial score (nSPS) is 12.4. The van der Waals surface area contributed by atoms with Gasteiger partial charge in [-0.05, 0) is 34.4 Å². The zero-order chi connectivity index (χ0) is 25.8. The largest absolute Gasteiger partial charge is 0.295 e. The molecule has 0 bridgehead atoms. The topological polar surface area (TPSA) is 109 Å². The van der Waals surface area contributed by atoms with Crippen molar-refractivity contribution in [3.8, 4) is 11.1 Å². The van der Waals surface area contributed by atoms with E-state index in [4.69, 9.17) is 0 Å². The van der Waals surface area contributed by atoms with Gasteiger partial charge in [-0.2, -0.15) is 16.8 Å². The molecule has 0 radical (unpaired) electrons. The molecule has 4 rings (SSSR count). The van der Waals surface area contributed by atoms with Crippen molar-refractivity contribution in [1.29, 1.82) is 0 Å². The van der Waals surface area contributed by atoms with Crippen LogP contribution in [-0.4, -0.2) is 25.9 Å². The fraction of sp³-hybridized carbons (Fsp3) is 0. The monoisotopic (exact) mass is 518 g/mol. The van der Waals surface area contributed by atoms with E-state index in [-0.39, 0.29) is 11.1 Å². The Labute approximate surface area is 210 Å². The van der Waals surface area contributed by atoms with E-state index >= 15 is 0 Å². The van der Waals surface area contributed by atoms with Gasteiger partial charge in [0.15, 0.2) is 0 Å². The summed E-state index contributed by atoms with van der Waals surface area (Å²) in [6, 6.07) is 27.2. The Morgan fingerprint density at radius 2 is 0.778 bits per heavy atom. The van der Waals surface area contributed by atoms with Crippen LogP contribution in [0, 0.1) is 0 Å². The molecule has 0 saturated heterocycles. The summed E-state index contributed by atoms with van der Waals surface area (Å²) in [5.74, 6) is 0. The third kappa shape index (κ3) is 6.24. The first-order valence-electron chi connectivity index (χ1n) is 10.8. The second kappa shape index (κ2) is 10.4. The van der Waals surface area contributed by atoms with Crippen molar-refractivity contribution >= 4 is 44.5 Å². The molecule has 0 atom stereocenters. The van der Waals surface area contributed by atoms with Gasteiger partial charge in [0, 0.05) is 11.1 Å². The van der Waals surface area contributed by atoms with E-state index in [2.05, 4.69) is 0 Å². The molecule has 0 aliphatic rings. The highest BCUT2D eigenvalue weighted by Gasteiger charge is 2.23. The Morgan fingerprint density at radius 3 is 1.11 bits per heavy atom. The maximum absolute atomic E-state index is 12.2. The first-order chi connectivity index (χ1) is 17.1. The van der Waals surface area contributed by atoms with Gasteiger partial charge in [-0.1, -0.05) is 109 Å². The van der Waals surface area contributed by atoms with E-state index < -0.39 is 30.0 Å².